The molecule has 1 aliphatic rings. The summed E-state index contributed by atoms with van der Waals surface area (Å²) in [5, 5.41) is 8.44. The Morgan fingerprint density at radius 2 is 1.94 bits per heavy atom. The van der Waals surface area contributed by atoms with Crippen molar-refractivity contribution in [2.75, 3.05) is 13.2 Å². The van der Waals surface area contributed by atoms with Gasteiger partial charge in [0.2, 0.25) is 0 Å². The number of ether oxygens (including phenoxy) is 2. The van der Waals surface area contributed by atoms with E-state index in [9.17, 15) is 18.8 Å². The van der Waals surface area contributed by atoms with Crippen LogP contribution in [0.2, 0.25) is 0 Å². The van der Waals surface area contributed by atoms with Crippen molar-refractivity contribution in [3.05, 3.63) is 61.8 Å². The van der Waals surface area contributed by atoms with E-state index in [-0.39, 0.29) is 11.4 Å². The van der Waals surface area contributed by atoms with Gasteiger partial charge in [0, 0.05) is 0 Å². The smallest absolute Gasteiger partial charge is 0.341 e. The van der Waals surface area contributed by atoms with E-state index in [0.717, 1.165) is 16.7 Å². The van der Waals surface area contributed by atoms with Gasteiger partial charge >= 0.3 is 5.97 Å². The molecular weight excluding hydrogens is 540 g/mol. The SMILES string of the molecule is CCOc1cc(/C=C2\SC(=O)N(Cc3ccc(F)cc3)C2=O)cc(I)c1OCC(=O)O. The molecule has 10 heteroatoms. The van der Waals surface area contributed by atoms with Gasteiger partial charge in [-0.05, 0) is 82.7 Å². The molecule has 31 heavy (non-hydrogen) atoms. The van der Waals surface area contributed by atoms with Crippen molar-refractivity contribution in [3.63, 3.8) is 0 Å². The Morgan fingerprint density at radius 3 is 2.58 bits per heavy atom. The number of nitrogens with zero attached hydrogens (tertiary/aromatic N) is 1. The van der Waals surface area contributed by atoms with Gasteiger partial charge in [-0.3, -0.25) is 14.5 Å². The summed E-state index contributed by atoms with van der Waals surface area (Å²) in [7, 11) is 0. The molecule has 1 saturated heterocycles. The lowest BCUT2D eigenvalue weighted by molar-refractivity contribution is -0.139. The van der Waals surface area contributed by atoms with Crippen LogP contribution in [0.3, 0.4) is 0 Å². The first-order valence-electron chi connectivity index (χ1n) is 9.09. The predicted molar refractivity (Wildman–Crippen MR) is 121 cm³/mol. The summed E-state index contributed by atoms with van der Waals surface area (Å²) < 4.78 is 24.6. The molecule has 2 amide bonds. The van der Waals surface area contributed by atoms with Gasteiger partial charge in [0.1, 0.15) is 5.82 Å². The Balaban J connectivity index is 1.85. The molecule has 0 bridgehead atoms. The minimum atomic E-state index is -1.11. The fraction of sp³-hybridized carbons (Fsp3) is 0.190. The lowest BCUT2D eigenvalue weighted by atomic mass is 10.1. The molecule has 0 saturated carbocycles. The Kier molecular flexibility index (Phi) is 7.55. The highest BCUT2D eigenvalue weighted by Gasteiger charge is 2.35. The summed E-state index contributed by atoms with van der Waals surface area (Å²) in [6.07, 6.45) is 1.57. The molecule has 0 radical (unpaired) electrons. The topological polar surface area (TPSA) is 93.1 Å². The average Bonchev–Trinajstić information content (AvgIpc) is 2.96. The summed E-state index contributed by atoms with van der Waals surface area (Å²) in [6.45, 7) is 1.64. The third-order valence-electron chi connectivity index (χ3n) is 4.10. The Bertz CT molecular complexity index is 1060. The first kappa shape index (κ1) is 23.1. The molecule has 1 N–H and O–H groups in total. The van der Waals surface area contributed by atoms with Gasteiger partial charge < -0.3 is 14.6 Å². The van der Waals surface area contributed by atoms with Crippen LogP contribution in [0.5, 0.6) is 11.5 Å². The van der Waals surface area contributed by atoms with Gasteiger partial charge in [0.15, 0.2) is 18.1 Å². The number of benzene rings is 2. The number of carbonyl (C=O) groups excluding carboxylic acids is 2. The lowest BCUT2D eigenvalue weighted by Crippen LogP contribution is -2.27. The monoisotopic (exact) mass is 557 g/mol. The van der Waals surface area contributed by atoms with Crippen molar-refractivity contribution in [3.8, 4) is 11.5 Å². The molecule has 1 fully saturated rings. The van der Waals surface area contributed by atoms with Gasteiger partial charge in [-0.1, -0.05) is 12.1 Å². The number of rotatable bonds is 8. The van der Waals surface area contributed by atoms with Crippen LogP contribution in [0.1, 0.15) is 18.1 Å². The van der Waals surface area contributed by atoms with E-state index in [1.807, 2.05) is 22.6 Å². The van der Waals surface area contributed by atoms with Crippen LogP contribution >= 0.6 is 34.4 Å². The fourth-order valence-electron chi connectivity index (χ4n) is 2.77. The first-order chi connectivity index (χ1) is 14.8. The van der Waals surface area contributed by atoms with Crippen molar-refractivity contribution in [1.82, 2.24) is 4.90 Å². The first-order valence-corrected chi connectivity index (χ1v) is 11.0. The van der Waals surface area contributed by atoms with Crippen LogP contribution < -0.4 is 9.47 Å². The minimum Gasteiger partial charge on any atom is -0.490 e. The van der Waals surface area contributed by atoms with Gasteiger partial charge in [0.25, 0.3) is 11.1 Å². The minimum absolute atomic E-state index is 0.0476. The molecular formula is C21H17FINO6S. The maximum atomic E-state index is 13.1. The quantitative estimate of drug-likeness (QED) is 0.377. The number of carbonyl (C=O) groups is 3. The second kappa shape index (κ2) is 10.1. The number of halogens is 2. The van der Waals surface area contributed by atoms with Crippen LogP contribution in [0.4, 0.5) is 9.18 Å². The average molecular weight is 557 g/mol. The third-order valence-corrected chi connectivity index (χ3v) is 5.81. The normalized spacial score (nSPS) is 14.9. The summed E-state index contributed by atoms with van der Waals surface area (Å²) in [4.78, 5) is 37.3. The highest BCUT2D eigenvalue weighted by molar-refractivity contribution is 14.1. The molecule has 3 rings (SSSR count). The summed E-state index contributed by atoms with van der Waals surface area (Å²) >= 11 is 2.80. The second-order valence-electron chi connectivity index (χ2n) is 6.34. The predicted octanol–water partition coefficient (Wildman–Crippen LogP) is 4.53. The van der Waals surface area contributed by atoms with Crippen molar-refractivity contribution in [2.45, 2.75) is 13.5 Å². The number of carboxylic acid groups (broad SMARTS) is 1. The Labute approximate surface area is 195 Å². The molecule has 0 spiro atoms. The van der Waals surface area contributed by atoms with Gasteiger partial charge in [-0.15, -0.1) is 0 Å². The number of amides is 2. The zero-order chi connectivity index (χ0) is 22.5. The Morgan fingerprint density at radius 1 is 1.23 bits per heavy atom. The van der Waals surface area contributed by atoms with Crippen molar-refractivity contribution in [1.29, 1.82) is 0 Å². The molecule has 2 aromatic carbocycles. The molecule has 0 unspecified atom stereocenters. The number of carboxylic acids is 1. The Hall–Kier alpha value is -2.60. The largest absolute Gasteiger partial charge is 0.490 e. The van der Waals surface area contributed by atoms with E-state index in [1.54, 1.807) is 25.1 Å². The van der Waals surface area contributed by atoms with E-state index in [1.165, 1.54) is 24.3 Å². The van der Waals surface area contributed by atoms with Crippen molar-refractivity contribution < 1.29 is 33.4 Å². The second-order valence-corrected chi connectivity index (χ2v) is 8.50. The van der Waals surface area contributed by atoms with Gasteiger partial charge in [-0.25, -0.2) is 9.18 Å². The van der Waals surface area contributed by atoms with Crippen molar-refractivity contribution in [2.24, 2.45) is 0 Å². The molecule has 1 heterocycles. The van der Waals surface area contributed by atoms with E-state index in [2.05, 4.69) is 0 Å². The summed E-state index contributed by atoms with van der Waals surface area (Å²) in [5.41, 5.74) is 1.24. The van der Waals surface area contributed by atoms with E-state index in [0.29, 0.717) is 32.8 Å². The third kappa shape index (κ3) is 5.76. The standard InChI is InChI=1S/C21H17FINO6S/c1-2-29-16-8-13(7-15(23)19(16)30-11-18(25)26)9-17-20(27)24(21(28)31-17)10-12-3-5-14(22)6-4-12/h3-9H,2,10-11H2,1H3,(H,25,26)/b17-9-. The molecule has 162 valence electrons. The van der Waals surface area contributed by atoms with E-state index < -0.39 is 29.5 Å². The van der Waals surface area contributed by atoms with E-state index in [4.69, 9.17) is 14.6 Å². The highest BCUT2D eigenvalue weighted by atomic mass is 127. The fourth-order valence-corrected chi connectivity index (χ4v) is 4.39. The molecule has 7 nitrogen and oxygen atoms in total. The zero-order valence-electron chi connectivity index (χ0n) is 16.3. The van der Waals surface area contributed by atoms with Crippen molar-refractivity contribution >= 4 is 57.5 Å². The molecule has 2 aromatic rings. The van der Waals surface area contributed by atoms with Crippen LogP contribution in [-0.2, 0) is 16.1 Å². The summed E-state index contributed by atoms with van der Waals surface area (Å²) in [5.74, 6) is -1.32. The van der Waals surface area contributed by atoms with Gasteiger partial charge in [0.05, 0.1) is 21.6 Å². The maximum Gasteiger partial charge on any atom is 0.341 e. The lowest BCUT2D eigenvalue weighted by Gasteiger charge is -2.14. The van der Waals surface area contributed by atoms with Crippen LogP contribution in [0.15, 0.2) is 41.3 Å². The number of imide groups is 1. The van der Waals surface area contributed by atoms with Crippen LogP contribution in [-0.4, -0.2) is 40.3 Å². The number of aliphatic carboxylic acids is 1. The molecule has 0 aliphatic carbocycles. The number of hydrogen-bond acceptors (Lipinski definition) is 6. The zero-order valence-corrected chi connectivity index (χ0v) is 19.2. The van der Waals surface area contributed by atoms with Crippen LogP contribution in [0.25, 0.3) is 6.08 Å². The maximum absolute atomic E-state index is 13.1. The van der Waals surface area contributed by atoms with E-state index >= 15 is 0 Å². The number of hydrogen-bond donors (Lipinski definition) is 1. The van der Waals surface area contributed by atoms with Crippen LogP contribution in [0, 0.1) is 9.39 Å². The molecule has 0 atom stereocenters. The van der Waals surface area contributed by atoms with Gasteiger partial charge in [-0.2, -0.15) is 0 Å². The summed E-state index contributed by atoms with van der Waals surface area (Å²) in [6, 6.07) is 8.92. The highest BCUT2D eigenvalue weighted by Crippen LogP contribution is 2.37. The molecule has 1 aliphatic heterocycles. The molecule has 0 aromatic heterocycles. The number of thioether (sulfide) groups is 1.